The van der Waals surface area contributed by atoms with Gasteiger partial charge < -0.3 is 10.1 Å². The van der Waals surface area contributed by atoms with Crippen LogP contribution in [-0.4, -0.2) is 39.8 Å². The van der Waals surface area contributed by atoms with E-state index < -0.39 is 15.9 Å². The number of hydrogen-bond donors (Lipinski definition) is 1. The predicted molar refractivity (Wildman–Crippen MR) is 98.3 cm³/mol. The van der Waals surface area contributed by atoms with E-state index in [9.17, 15) is 13.2 Å². The quantitative estimate of drug-likeness (QED) is 0.829. The van der Waals surface area contributed by atoms with E-state index in [4.69, 9.17) is 27.9 Å². The van der Waals surface area contributed by atoms with Crippen molar-refractivity contribution >= 4 is 44.8 Å². The summed E-state index contributed by atoms with van der Waals surface area (Å²) >= 11 is 12.0. The van der Waals surface area contributed by atoms with Gasteiger partial charge in [-0.25, -0.2) is 12.7 Å². The number of halogens is 2. The van der Waals surface area contributed by atoms with Gasteiger partial charge in [0.05, 0.1) is 22.1 Å². The third-order valence-corrected chi connectivity index (χ3v) is 5.75. The van der Waals surface area contributed by atoms with Crippen LogP contribution < -0.4 is 10.1 Å². The second-order valence-electron chi connectivity index (χ2n) is 5.24. The second-order valence-corrected chi connectivity index (χ2v) is 8.21. The van der Waals surface area contributed by atoms with Crippen molar-refractivity contribution < 1.29 is 17.9 Å². The third-order valence-electron chi connectivity index (χ3n) is 3.36. The molecule has 0 heterocycles. The molecule has 0 fully saturated rings. The van der Waals surface area contributed by atoms with Gasteiger partial charge in [0, 0.05) is 25.3 Å². The van der Waals surface area contributed by atoms with Gasteiger partial charge in [-0.3, -0.25) is 4.79 Å². The predicted octanol–water partition coefficient (Wildman–Crippen LogP) is 3.50. The fourth-order valence-corrected chi connectivity index (χ4v) is 3.55. The molecule has 2 rings (SSSR count). The van der Waals surface area contributed by atoms with Crippen LogP contribution in [0.25, 0.3) is 0 Å². The Kier molecular flexibility index (Phi) is 5.95. The Morgan fingerprint density at radius 2 is 1.60 bits per heavy atom. The maximum atomic E-state index is 12.3. The van der Waals surface area contributed by atoms with E-state index in [1.165, 1.54) is 57.6 Å². The first-order chi connectivity index (χ1) is 11.7. The van der Waals surface area contributed by atoms with E-state index in [1.807, 2.05) is 0 Å². The van der Waals surface area contributed by atoms with Crippen molar-refractivity contribution in [1.82, 2.24) is 4.31 Å². The summed E-state index contributed by atoms with van der Waals surface area (Å²) in [6.07, 6.45) is 0. The number of rotatable bonds is 5. The molecular weight excluding hydrogens is 387 g/mol. The fourth-order valence-electron chi connectivity index (χ4n) is 2.01. The van der Waals surface area contributed by atoms with Gasteiger partial charge in [0.15, 0.2) is 5.75 Å². The molecule has 9 heteroatoms. The van der Waals surface area contributed by atoms with Crippen molar-refractivity contribution in [3.8, 4) is 5.75 Å². The average Bonchev–Trinajstić information content (AvgIpc) is 2.54. The van der Waals surface area contributed by atoms with Crippen LogP contribution >= 0.6 is 23.2 Å². The van der Waals surface area contributed by atoms with Gasteiger partial charge in [0.1, 0.15) is 0 Å². The van der Waals surface area contributed by atoms with Crippen LogP contribution in [0.4, 0.5) is 5.69 Å². The topological polar surface area (TPSA) is 75.7 Å². The first-order valence-electron chi connectivity index (χ1n) is 7.03. The lowest BCUT2D eigenvalue weighted by atomic mass is 10.2. The van der Waals surface area contributed by atoms with Gasteiger partial charge in [0.2, 0.25) is 10.0 Å². The number of methoxy groups -OCH3 is 1. The zero-order valence-electron chi connectivity index (χ0n) is 13.7. The summed E-state index contributed by atoms with van der Waals surface area (Å²) in [6, 6.07) is 8.71. The SMILES string of the molecule is COc1c(Cl)cc(C(=O)Nc2ccc(S(=O)(=O)N(C)C)cc2)cc1Cl. The Hall–Kier alpha value is -1.80. The van der Waals surface area contributed by atoms with E-state index in [2.05, 4.69) is 5.32 Å². The van der Waals surface area contributed by atoms with E-state index in [1.54, 1.807) is 0 Å². The maximum absolute atomic E-state index is 12.3. The molecule has 0 bridgehead atoms. The first kappa shape index (κ1) is 19.5. The Morgan fingerprint density at radius 1 is 1.08 bits per heavy atom. The normalized spacial score (nSPS) is 11.4. The zero-order valence-corrected chi connectivity index (χ0v) is 16.0. The van der Waals surface area contributed by atoms with Crippen molar-refractivity contribution in [3.05, 3.63) is 52.0 Å². The molecule has 2 aromatic rings. The van der Waals surface area contributed by atoms with Crippen LogP contribution in [0.2, 0.25) is 10.0 Å². The van der Waals surface area contributed by atoms with Crippen molar-refractivity contribution in [3.63, 3.8) is 0 Å². The van der Waals surface area contributed by atoms with Gasteiger partial charge >= 0.3 is 0 Å². The highest BCUT2D eigenvalue weighted by Crippen LogP contribution is 2.34. The van der Waals surface area contributed by atoms with Gasteiger partial charge in [-0.05, 0) is 36.4 Å². The molecule has 0 radical (unpaired) electrons. The standard InChI is InChI=1S/C16H16Cl2N2O4S/c1-20(2)25(22,23)12-6-4-11(5-7-12)19-16(21)10-8-13(17)15(24-3)14(18)9-10/h4-9H,1-3H3,(H,19,21). The smallest absolute Gasteiger partial charge is 0.255 e. The van der Waals surface area contributed by atoms with Crippen LogP contribution in [0.1, 0.15) is 10.4 Å². The van der Waals surface area contributed by atoms with Crippen molar-refractivity contribution in [2.24, 2.45) is 0 Å². The molecule has 1 amide bonds. The van der Waals surface area contributed by atoms with Gasteiger partial charge in [-0.2, -0.15) is 0 Å². The molecule has 0 aliphatic carbocycles. The first-order valence-corrected chi connectivity index (χ1v) is 9.23. The van der Waals surface area contributed by atoms with Crippen LogP contribution in [0, 0.1) is 0 Å². The molecular formula is C16H16Cl2N2O4S. The molecule has 2 aromatic carbocycles. The average molecular weight is 403 g/mol. The monoisotopic (exact) mass is 402 g/mol. The molecule has 0 unspecified atom stereocenters. The largest absolute Gasteiger partial charge is 0.494 e. The number of anilines is 1. The number of ether oxygens (including phenoxy) is 1. The number of hydrogen-bond acceptors (Lipinski definition) is 4. The summed E-state index contributed by atoms with van der Waals surface area (Å²) in [5.41, 5.74) is 0.687. The minimum atomic E-state index is -3.52. The molecule has 0 atom stereocenters. The third kappa shape index (κ3) is 4.24. The summed E-state index contributed by atoms with van der Waals surface area (Å²) in [5, 5.41) is 3.08. The number of nitrogens with zero attached hydrogens (tertiary/aromatic N) is 1. The zero-order chi connectivity index (χ0) is 18.8. The van der Waals surface area contributed by atoms with Gasteiger partial charge in [-0.15, -0.1) is 0 Å². The number of nitrogens with one attached hydrogen (secondary N) is 1. The lowest BCUT2D eigenvalue weighted by Crippen LogP contribution is -2.22. The van der Waals surface area contributed by atoms with Crippen LogP contribution in [-0.2, 0) is 10.0 Å². The van der Waals surface area contributed by atoms with E-state index >= 15 is 0 Å². The summed E-state index contributed by atoms with van der Waals surface area (Å²) in [7, 11) is 0.799. The van der Waals surface area contributed by atoms with Gasteiger partial charge in [0.25, 0.3) is 5.91 Å². The molecule has 0 aromatic heterocycles. The van der Waals surface area contributed by atoms with E-state index in [0.29, 0.717) is 5.69 Å². The minimum absolute atomic E-state index is 0.131. The summed E-state index contributed by atoms with van der Waals surface area (Å²) in [5.74, 6) is -0.146. The number of sulfonamides is 1. The molecule has 0 saturated carbocycles. The molecule has 25 heavy (non-hydrogen) atoms. The lowest BCUT2D eigenvalue weighted by molar-refractivity contribution is 0.102. The number of amides is 1. The van der Waals surface area contributed by atoms with Crippen molar-refractivity contribution in [2.75, 3.05) is 26.5 Å². The molecule has 134 valence electrons. The Bertz CT molecular complexity index is 874. The Balaban J connectivity index is 2.22. The van der Waals surface area contributed by atoms with E-state index in [-0.39, 0.29) is 26.3 Å². The number of carbonyl (C=O) groups excluding carboxylic acids is 1. The molecule has 0 aliphatic rings. The highest BCUT2D eigenvalue weighted by molar-refractivity contribution is 7.89. The summed E-state index contributed by atoms with van der Waals surface area (Å²) < 4.78 is 30.2. The summed E-state index contributed by atoms with van der Waals surface area (Å²) in [6.45, 7) is 0. The second kappa shape index (κ2) is 7.61. The van der Waals surface area contributed by atoms with Crippen LogP contribution in [0.5, 0.6) is 5.75 Å². The molecule has 0 aliphatic heterocycles. The molecule has 6 nitrogen and oxygen atoms in total. The fraction of sp³-hybridized carbons (Fsp3) is 0.188. The maximum Gasteiger partial charge on any atom is 0.255 e. The number of benzene rings is 2. The minimum Gasteiger partial charge on any atom is -0.494 e. The molecule has 0 spiro atoms. The Labute approximate surface area is 156 Å². The molecule has 1 N–H and O–H groups in total. The molecule has 0 saturated heterocycles. The highest BCUT2D eigenvalue weighted by Gasteiger charge is 2.17. The van der Waals surface area contributed by atoms with Crippen LogP contribution in [0.15, 0.2) is 41.3 Å². The number of carbonyl (C=O) groups is 1. The lowest BCUT2D eigenvalue weighted by Gasteiger charge is -2.12. The van der Waals surface area contributed by atoms with Crippen molar-refractivity contribution in [1.29, 1.82) is 0 Å². The Morgan fingerprint density at radius 3 is 2.04 bits per heavy atom. The van der Waals surface area contributed by atoms with Crippen molar-refractivity contribution in [2.45, 2.75) is 4.90 Å². The van der Waals surface area contributed by atoms with E-state index in [0.717, 1.165) is 4.31 Å². The van der Waals surface area contributed by atoms with Crippen LogP contribution in [0.3, 0.4) is 0 Å². The highest BCUT2D eigenvalue weighted by atomic mass is 35.5. The van der Waals surface area contributed by atoms with Gasteiger partial charge in [-0.1, -0.05) is 23.2 Å². The summed E-state index contributed by atoms with van der Waals surface area (Å²) in [4.78, 5) is 12.4.